The molecule has 7 atom stereocenters. The number of fused-ring (bicyclic) bond motifs is 5. The van der Waals surface area contributed by atoms with Crippen LogP contribution in [0.2, 0.25) is 0 Å². The van der Waals surface area contributed by atoms with Crippen LogP contribution in [0.3, 0.4) is 0 Å². The third kappa shape index (κ3) is 3.87. The summed E-state index contributed by atoms with van der Waals surface area (Å²) >= 11 is 0. The van der Waals surface area contributed by atoms with Gasteiger partial charge in [0.25, 0.3) is 0 Å². The summed E-state index contributed by atoms with van der Waals surface area (Å²) in [4.78, 5) is 24.6. The molecular weight excluding hydrogens is 392 g/mol. The first-order valence-corrected chi connectivity index (χ1v) is 12.0. The van der Waals surface area contributed by atoms with E-state index in [0.29, 0.717) is 12.8 Å². The Morgan fingerprint density at radius 1 is 1.19 bits per heavy atom. The molecule has 0 aromatic rings. The molecule has 0 aromatic carbocycles. The SMILES string of the molecule is CC.CC.COCC(=O)[C@@]1(O)CC[C@H]2[C@@H]3CCC4=CC(=O)C=C[C@]4(C)[C@H]3[C@@H](O)C[C@@]21C. The van der Waals surface area contributed by atoms with Gasteiger partial charge >= 0.3 is 0 Å². The van der Waals surface area contributed by atoms with Gasteiger partial charge in [0.2, 0.25) is 0 Å². The molecule has 4 aliphatic rings. The lowest BCUT2D eigenvalue weighted by atomic mass is 9.46. The monoisotopic (exact) mass is 434 g/mol. The van der Waals surface area contributed by atoms with Gasteiger partial charge in [0.15, 0.2) is 11.6 Å². The van der Waals surface area contributed by atoms with Crippen molar-refractivity contribution in [3.8, 4) is 0 Å². The maximum atomic E-state index is 12.7. The van der Waals surface area contributed by atoms with Crippen LogP contribution < -0.4 is 0 Å². The molecule has 5 nitrogen and oxygen atoms in total. The van der Waals surface area contributed by atoms with Gasteiger partial charge < -0.3 is 14.9 Å². The second-order valence-electron chi connectivity index (χ2n) is 9.47. The molecule has 0 amide bonds. The largest absolute Gasteiger partial charge is 0.393 e. The molecule has 0 bridgehead atoms. The highest BCUT2D eigenvalue weighted by atomic mass is 16.5. The maximum absolute atomic E-state index is 12.7. The molecule has 0 spiro atoms. The summed E-state index contributed by atoms with van der Waals surface area (Å²) in [6.07, 6.45) is 8.05. The van der Waals surface area contributed by atoms with Crippen LogP contribution in [-0.4, -0.2) is 47.2 Å². The van der Waals surface area contributed by atoms with Crippen molar-refractivity contribution in [3.63, 3.8) is 0 Å². The third-order valence-electron chi connectivity index (χ3n) is 8.38. The van der Waals surface area contributed by atoms with Crippen molar-refractivity contribution >= 4 is 11.6 Å². The molecule has 0 radical (unpaired) electrons. The molecule has 0 saturated heterocycles. The molecule has 3 saturated carbocycles. The van der Waals surface area contributed by atoms with E-state index in [4.69, 9.17) is 4.74 Å². The first-order chi connectivity index (χ1) is 14.7. The zero-order valence-corrected chi connectivity index (χ0v) is 20.4. The van der Waals surface area contributed by atoms with Crippen LogP contribution in [0.1, 0.15) is 73.6 Å². The van der Waals surface area contributed by atoms with Gasteiger partial charge in [0.1, 0.15) is 12.2 Å². The Labute approximate surface area is 187 Å². The van der Waals surface area contributed by atoms with Crippen molar-refractivity contribution in [1.29, 1.82) is 0 Å². The van der Waals surface area contributed by atoms with E-state index in [0.717, 1.165) is 24.8 Å². The van der Waals surface area contributed by atoms with E-state index in [1.807, 2.05) is 40.7 Å². The van der Waals surface area contributed by atoms with Crippen LogP contribution in [-0.2, 0) is 14.3 Å². The molecule has 0 heterocycles. The average Bonchev–Trinajstić information content (AvgIpc) is 3.03. The number of carbonyl (C=O) groups is 2. The van der Waals surface area contributed by atoms with Crippen molar-refractivity contribution in [1.82, 2.24) is 0 Å². The number of aliphatic hydroxyl groups is 2. The lowest BCUT2D eigenvalue weighted by molar-refractivity contribution is -0.179. The minimum absolute atomic E-state index is 0.0137. The fraction of sp³-hybridized carbons (Fsp3) is 0.769. The summed E-state index contributed by atoms with van der Waals surface area (Å²) in [5.74, 6) is 0.173. The van der Waals surface area contributed by atoms with Crippen molar-refractivity contribution in [2.75, 3.05) is 13.7 Å². The number of ether oxygens (including phenoxy) is 1. The van der Waals surface area contributed by atoms with Gasteiger partial charge in [0, 0.05) is 23.9 Å². The van der Waals surface area contributed by atoms with Gasteiger partial charge in [-0.3, -0.25) is 9.59 Å². The Kier molecular flexibility index (Phi) is 8.10. The number of rotatable bonds is 3. The van der Waals surface area contributed by atoms with E-state index in [2.05, 4.69) is 6.92 Å². The maximum Gasteiger partial charge on any atom is 0.190 e. The summed E-state index contributed by atoms with van der Waals surface area (Å²) in [5.41, 5.74) is -1.29. The minimum atomic E-state index is -1.44. The number of hydrogen-bond acceptors (Lipinski definition) is 5. The molecule has 0 aromatic heterocycles. The summed E-state index contributed by atoms with van der Waals surface area (Å²) in [7, 11) is 1.47. The number of Topliss-reactive ketones (excluding diaryl/α,β-unsaturated/α-hetero) is 1. The van der Waals surface area contributed by atoms with E-state index >= 15 is 0 Å². The molecule has 3 fully saturated rings. The lowest BCUT2D eigenvalue weighted by Crippen LogP contribution is -2.61. The highest BCUT2D eigenvalue weighted by Crippen LogP contribution is 2.67. The van der Waals surface area contributed by atoms with E-state index in [9.17, 15) is 19.8 Å². The molecule has 0 unspecified atom stereocenters. The summed E-state index contributed by atoms with van der Waals surface area (Å²) < 4.78 is 5.02. The second-order valence-corrected chi connectivity index (χ2v) is 9.47. The Bertz CT molecular complexity index is 740. The number of methoxy groups -OCH3 is 1. The van der Waals surface area contributed by atoms with Crippen LogP contribution in [0, 0.1) is 28.6 Å². The average molecular weight is 435 g/mol. The van der Waals surface area contributed by atoms with Crippen molar-refractivity contribution in [3.05, 3.63) is 23.8 Å². The van der Waals surface area contributed by atoms with E-state index in [1.165, 1.54) is 7.11 Å². The number of allylic oxidation sites excluding steroid dienone is 4. The normalized spacial score (nSPS) is 42.6. The summed E-state index contributed by atoms with van der Waals surface area (Å²) in [6.45, 7) is 12.0. The van der Waals surface area contributed by atoms with Crippen molar-refractivity contribution in [2.24, 2.45) is 28.6 Å². The molecule has 4 rings (SSSR count). The molecule has 31 heavy (non-hydrogen) atoms. The van der Waals surface area contributed by atoms with Gasteiger partial charge in [-0.25, -0.2) is 0 Å². The molecule has 5 heteroatoms. The fourth-order valence-electron chi connectivity index (χ4n) is 7.04. The van der Waals surface area contributed by atoms with Crippen molar-refractivity contribution < 1.29 is 24.5 Å². The summed E-state index contributed by atoms with van der Waals surface area (Å²) in [6, 6.07) is 0. The third-order valence-corrected chi connectivity index (χ3v) is 8.38. The van der Waals surface area contributed by atoms with Crippen LogP contribution in [0.5, 0.6) is 0 Å². The number of carbonyl (C=O) groups excluding carboxylic acids is 2. The predicted octanol–water partition coefficient (Wildman–Crippen LogP) is 4.26. The van der Waals surface area contributed by atoms with Gasteiger partial charge in [-0.15, -0.1) is 0 Å². The van der Waals surface area contributed by atoms with E-state index in [-0.39, 0.29) is 41.3 Å². The standard InChI is InChI=1S/C22H30O5.2C2H6/c1-20-8-6-14(23)10-13(20)4-5-15-16-7-9-22(26,18(25)12-27-3)21(16,2)11-17(24)19(15)20;2*1-2/h6,8,10,15-17,19,24,26H,4-5,7,9,11-12H2,1-3H3;2*1-2H3/t15-,16-,17-,19+,20-,21-,22-;;/m0../s1. The molecule has 0 aliphatic heterocycles. The Balaban J connectivity index is 0.000000807. The van der Waals surface area contributed by atoms with Crippen LogP contribution in [0.4, 0.5) is 0 Å². The van der Waals surface area contributed by atoms with Crippen molar-refractivity contribution in [2.45, 2.75) is 85.4 Å². The zero-order valence-electron chi connectivity index (χ0n) is 20.4. The van der Waals surface area contributed by atoms with Gasteiger partial charge in [-0.2, -0.15) is 0 Å². The first kappa shape index (κ1) is 26.0. The minimum Gasteiger partial charge on any atom is -0.393 e. The quantitative estimate of drug-likeness (QED) is 0.693. The lowest BCUT2D eigenvalue weighted by Gasteiger charge is -2.59. The first-order valence-electron chi connectivity index (χ1n) is 12.0. The second kappa shape index (κ2) is 9.68. The molecular formula is C26H42O5. The highest BCUT2D eigenvalue weighted by molar-refractivity contribution is 6.01. The Morgan fingerprint density at radius 3 is 2.45 bits per heavy atom. The van der Waals surface area contributed by atoms with Crippen LogP contribution >= 0.6 is 0 Å². The Morgan fingerprint density at radius 2 is 1.84 bits per heavy atom. The smallest absolute Gasteiger partial charge is 0.190 e. The number of hydrogen-bond donors (Lipinski definition) is 2. The zero-order chi connectivity index (χ0) is 23.6. The topological polar surface area (TPSA) is 83.8 Å². The van der Waals surface area contributed by atoms with Gasteiger partial charge in [-0.05, 0) is 56.1 Å². The fourth-order valence-corrected chi connectivity index (χ4v) is 7.04. The number of ketones is 2. The molecule has 4 aliphatic carbocycles. The highest BCUT2D eigenvalue weighted by Gasteiger charge is 2.68. The van der Waals surface area contributed by atoms with Crippen LogP contribution in [0.15, 0.2) is 23.8 Å². The van der Waals surface area contributed by atoms with E-state index in [1.54, 1.807) is 12.2 Å². The number of aliphatic hydroxyl groups excluding tert-OH is 1. The van der Waals surface area contributed by atoms with Gasteiger partial charge in [0.05, 0.1) is 6.10 Å². The van der Waals surface area contributed by atoms with E-state index < -0.39 is 17.1 Å². The Hall–Kier alpha value is -1.30. The van der Waals surface area contributed by atoms with Crippen LogP contribution in [0.25, 0.3) is 0 Å². The molecule has 2 N–H and O–H groups in total. The predicted molar refractivity (Wildman–Crippen MR) is 123 cm³/mol. The molecule has 176 valence electrons. The van der Waals surface area contributed by atoms with Gasteiger partial charge in [-0.1, -0.05) is 53.2 Å². The summed E-state index contributed by atoms with van der Waals surface area (Å²) in [5, 5.41) is 22.6.